The highest BCUT2D eigenvalue weighted by molar-refractivity contribution is 7.90. The number of carboxylic acid groups (broad SMARTS) is 1. The van der Waals surface area contributed by atoms with E-state index < -0.39 is 55.8 Å². The predicted molar refractivity (Wildman–Crippen MR) is 122 cm³/mol. The van der Waals surface area contributed by atoms with Gasteiger partial charge in [0.1, 0.15) is 22.1 Å². The van der Waals surface area contributed by atoms with Crippen LogP contribution in [0, 0.1) is 11.6 Å². The summed E-state index contributed by atoms with van der Waals surface area (Å²) in [5.74, 6) is -3.69. The van der Waals surface area contributed by atoms with Gasteiger partial charge in [0.15, 0.2) is 15.5 Å². The van der Waals surface area contributed by atoms with E-state index in [0.717, 1.165) is 12.3 Å². The maximum absolute atomic E-state index is 14.1. The zero-order chi connectivity index (χ0) is 27.1. The smallest absolute Gasteiger partial charge is 0.434 e. The van der Waals surface area contributed by atoms with E-state index >= 15 is 0 Å². The third-order valence-corrected chi connectivity index (χ3v) is 6.96. The first-order valence-corrected chi connectivity index (χ1v) is 12.6. The van der Waals surface area contributed by atoms with Crippen LogP contribution in [0.1, 0.15) is 27.7 Å². The van der Waals surface area contributed by atoms with Gasteiger partial charge in [0.2, 0.25) is 5.95 Å². The van der Waals surface area contributed by atoms with Gasteiger partial charge in [0.05, 0.1) is 6.04 Å². The topological polar surface area (TPSA) is 104 Å². The maximum Gasteiger partial charge on any atom is 0.434 e. The van der Waals surface area contributed by atoms with Gasteiger partial charge in [-0.2, -0.15) is 13.2 Å². The van der Waals surface area contributed by atoms with E-state index in [9.17, 15) is 35.2 Å². The number of nitrogens with zero attached hydrogens (tertiary/aromatic N) is 4. The summed E-state index contributed by atoms with van der Waals surface area (Å²) in [5, 5.41) is 9.14. The fourth-order valence-electron chi connectivity index (χ4n) is 4.08. The second kappa shape index (κ2) is 9.57. The van der Waals surface area contributed by atoms with Gasteiger partial charge in [-0.15, -0.1) is 0 Å². The number of aromatic nitrogens is 2. The number of piperazine rings is 1. The number of rotatable bonds is 5. The highest BCUT2D eigenvalue weighted by Gasteiger charge is 2.40. The molecule has 0 amide bonds. The third kappa shape index (κ3) is 5.48. The van der Waals surface area contributed by atoms with Gasteiger partial charge in [-0.1, -0.05) is 12.1 Å². The van der Waals surface area contributed by atoms with Gasteiger partial charge in [-0.05, 0) is 35.9 Å². The quantitative estimate of drug-likeness (QED) is 0.484. The summed E-state index contributed by atoms with van der Waals surface area (Å²) in [6.45, 7) is 0.237. The summed E-state index contributed by atoms with van der Waals surface area (Å²) < 4.78 is 92.4. The molecule has 1 aromatic heterocycles. The van der Waals surface area contributed by atoms with Gasteiger partial charge < -0.3 is 14.9 Å². The van der Waals surface area contributed by atoms with Gasteiger partial charge >= 0.3 is 12.1 Å². The summed E-state index contributed by atoms with van der Waals surface area (Å²) in [5.41, 5.74) is -1.88. The molecule has 1 aliphatic heterocycles. The van der Waals surface area contributed by atoms with E-state index in [4.69, 9.17) is 5.11 Å². The lowest BCUT2D eigenvalue weighted by Crippen LogP contribution is -2.49. The maximum atomic E-state index is 14.1. The van der Waals surface area contributed by atoms with Gasteiger partial charge in [-0.25, -0.2) is 32.0 Å². The van der Waals surface area contributed by atoms with Crippen LogP contribution in [0.5, 0.6) is 0 Å². The fraction of sp³-hybridized carbons (Fsp3) is 0.261. The van der Waals surface area contributed by atoms with Crippen LogP contribution in [-0.4, -0.2) is 55.4 Å². The molecule has 37 heavy (non-hydrogen) atoms. The molecule has 1 fully saturated rings. The van der Waals surface area contributed by atoms with Crippen LogP contribution in [-0.2, 0) is 16.0 Å². The van der Waals surface area contributed by atoms with Crippen molar-refractivity contribution in [3.8, 4) is 0 Å². The van der Waals surface area contributed by atoms with E-state index in [1.807, 2.05) is 0 Å². The monoisotopic (exact) mass is 542 g/mol. The Hall–Kier alpha value is -3.81. The van der Waals surface area contributed by atoms with Gasteiger partial charge in [-0.3, -0.25) is 0 Å². The van der Waals surface area contributed by atoms with Crippen molar-refractivity contribution in [1.29, 1.82) is 0 Å². The number of benzene rings is 2. The molecule has 1 atom stereocenters. The predicted octanol–water partition coefficient (Wildman–Crippen LogP) is 3.94. The molecule has 0 aliphatic carbocycles. The van der Waals surface area contributed by atoms with Crippen LogP contribution >= 0.6 is 0 Å². The Labute approximate surface area is 207 Å². The molecule has 0 saturated carbocycles. The first kappa shape index (κ1) is 26.3. The van der Waals surface area contributed by atoms with Crippen LogP contribution in [0.15, 0.2) is 53.6 Å². The van der Waals surface area contributed by atoms with Crippen molar-refractivity contribution in [2.45, 2.75) is 17.1 Å². The lowest BCUT2D eigenvalue weighted by atomic mass is 10.0. The van der Waals surface area contributed by atoms with Crippen molar-refractivity contribution in [2.75, 3.05) is 35.7 Å². The molecule has 4 rings (SSSR count). The molecule has 3 aromatic rings. The molecular formula is C23H19F5N4O4S. The van der Waals surface area contributed by atoms with Crippen LogP contribution in [0.4, 0.5) is 33.6 Å². The molecule has 196 valence electrons. The van der Waals surface area contributed by atoms with Crippen molar-refractivity contribution < 1.29 is 40.3 Å². The minimum Gasteiger partial charge on any atom is -0.478 e. The highest BCUT2D eigenvalue weighted by Crippen LogP contribution is 2.35. The third-order valence-electron chi connectivity index (χ3n) is 5.85. The molecule has 1 N–H and O–H groups in total. The van der Waals surface area contributed by atoms with Crippen LogP contribution < -0.4 is 9.80 Å². The van der Waals surface area contributed by atoms with E-state index in [1.54, 1.807) is 4.90 Å². The number of hydrogen-bond acceptors (Lipinski definition) is 7. The van der Waals surface area contributed by atoms with E-state index in [2.05, 4.69) is 9.97 Å². The zero-order valence-corrected chi connectivity index (χ0v) is 19.9. The first-order valence-electron chi connectivity index (χ1n) is 10.7. The second-order valence-electron chi connectivity index (χ2n) is 8.33. The molecule has 14 heteroatoms. The summed E-state index contributed by atoms with van der Waals surface area (Å²) in [7, 11) is -3.88. The average molecular weight is 542 g/mol. The van der Waals surface area contributed by atoms with Gasteiger partial charge in [0.25, 0.3) is 0 Å². The Morgan fingerprint density at radius 3 is 2.35 bits per heavy atom. The number of aromatic carboxylic acids is 1. The molecule has 0 radical (unpaired) electrons. The van der Waals surface area contributed by atoms with Crippen LogP contribution in [0.3, 0.4) is 0 Å². The van der Waals surface area contributed by atoms with E-state index in [1.165, 1.54) is 41.3 Å². The van der Waals surface area contributed by atoms with Crippen molar-refractivity contribution >= 4 is 27.4 Å². The second-order valence-corrected chi connectivity index (χ2v) is 10.3. The molecule has 1 saturated heterocycles. The molecule has 1 unspecified atom stereocenters. The first-order chi connectivity index (χ1) is 17.3. The summed E-state index contributed by atoms with van der Waals surface area (Å²) in [4.78, 5) is 21.3. The standard InChI is InChI=1S/C23H19F5N4O4S/c1-37(35,36)19-10-15(6-7-17(19)25)31-8-9-32(18(12-31)13-2-4-14(24)5-3-13)22-29-11-16(21(33)34)20(30-22)23(26,27)28/h2-7,10-11,18H,8-9,12H2,1H3,(H,33,34). The van der Waals surface area contributed by atoms with Crippen molar-refractivity contribution in [1.82, 2.24) is 9.97 Å². The van der Waals surface area contributed by atoms with Crippen LogP contribution in [0.2, 0.25) is 0 Å². The van der Waals surface area contributed by atoms with Crippen LogP contribution in [0.25, 0.3) is 0 Å². The SMILES string of the molecule is CS(=O)(=O)c1cc(N2CCN(c3ncc(C(=O)O)c(C(F)(F)F)n3)C(c3ccc(F)cc3)C2)ccc1F. The number of carbonyl (C=O) groups is 1. The van der Waals surface area contributed by atoms with E-state index in [0.29, 0.717) is 17.4 Å². The minimum atomic E-state index is -5.06. The largest absolute Gasteiger partial charge is 0.478 e. The Bertz CT molecular complexity index is 1450. The molecule has 1 aliphatic rings. The molecule has 2 aromatic carbocycles. The van der Waals surface area contributed by atoms with Gasteiger partial charge in [0, 0.05) is 37.8 Å². The Kier molecular flexibility index (Phi) is 6.79. The highest BCUT2D eigenvalue weighted by atomic mass is 32.2. The number of hydrogen-bond donors (Lipinski definition) is 1. The zero-order valence-electron chi connectivity index (χ0n) is 19.1. The average Bonchev–Trinajstić information content (AvgIpc) is 2.83. The summed E-state index contributed by atoms with van der Waals surface area (Å²) in [6.07, 6.45) is -3.61. The molecule has 0 bridgehead atoms. The summed E-state index contributed by atoms with van der Waals surface area (Å²) in [6, 6.07) is 8.00. The molecule has 0 spiro atoms. The van der Waals surface area contributed by atoms with Crippen molar-refractivity contribution in [2.24, 2.45) is 0 Å². The number of alkyl halides is 3. The number of carboxylic acids is 1. The normalized spacial score (nSPS) is 16.6. The molecule has 8 nitrogen and oxygen atoms in total. The lowest BCUT2D eigenvalue weighted by Gasteiger charge is -2.43. The number of sulfone groups is 1. The van der Waals surface area contributed by atoms with Crippen molar-refractivity contribution in [3.05, 3.63) is 77.1 Å². The minimum absolute atomic E-state index is 0.0251. The number of anilines is 2. The van der Waals surface area contributed by atoms with Crippen molar-refractivity contribution in [3.63, 3.8) is 0 Å². The lowest BCUT2D eigenvalue weighted by molar-refractivity contribution is -0.141. The molecular weight excluding hydrogens is 523 g/mol. The Morgan fingerprint density at radius 2 is 1.76 bits per heavy atom. The fourth-order valence-corrected chi connectivity index (χ4v) is 4.84. The molecule has 2 heterocycles. The Balaban J connectivity index is 1.77. The number of halogens is 5. The van der Waals surface area contributed by atoms with E-state index in [-0.39, 0.29) is 25.6 Å². The Morgan fingerprint density at radius 1 is 1.08 bits per heavy atom. The summed E-state index contributed by atoms with van der Waals surface area (Å²) >= 11 is 0.